The Balaban J connectivity index is 2.45. The van der Waals surface area contributed by atoms with Crippen LogP contribution < -0.4 is 5.69 Å². The van der Waals surface area contributed by atoms with Crippen LogP contribution in [0.25, 0.3) is 5.69 Å². The van der Waals surface area contributed by atoms with E-state index >= 15 is 0 Å². The van der Waals surface area contributed by atoms with Gasteiger partial charge in [-0.15, -0.1) is 0 Å². The van der Waals surface area contributed by atoms with Crippen molar-refractivity contribution in [2.75, 3.05) is 0 Å². The van der Waals surface area contributed by atoms with Crippen molar-refractivity contribution in [3.8, 4) is 5.69 Å². The summed E-state index contributed by atoms with van der Waals surface area (Å²) in [5.74, 6) is 0. The summed E-state index contributed by atoms with van der Waals surface area (Å²) in [6.45, 7) is 2.67. The van der Waals surface area contributed by atoms with Gasteiger partial charge < -0.3 is 0 Å². The molecule has 0 atom stereocenters. The Bertz CT molecular complexity index is 544. The van der Waals surface area contributed by atoms with E-state index in [-0.39, 0.29) is 5.69 Å². The average molecular weight is 282 g/mol. The lowest BCUT2D eigenvalue weighted by Gasteiger charge is -2.00. The first-order valence-corrected chi connectivity index (χ1v) is 5.92. The monoisotopic (exact) mass is 281 g/mol. The SMILES string of the molecule is CCCn1ncn(-c2cccc(Br)c2)c1=O. The number of hydrogen-bond acceptors (Lipinski definition) is 2. The van der Waals surface area contributed by atoms with Crippen LogP contribution in [0.1, 0.15) is 13.3 Å². The molecule has 0 saturated carbocycles. The highest BCUT2D eigenvalue weighted by Crippen LogP contribution is 2.13. The van der Waals surface area contributed by atoms with E-state index < -0.39 is 0 Å². The van der Waals surface area contributed by atoms with Gasteiger partial charge in [-0.1, -0.05) is 28.9 Å². The Kier molecular flexibility index (Phi) is 3.24. The minimum absolute atomic E-state index is 0.0973. The molecule has 2 rings (SSSR count). The Morgan fingerprint density at radius 3 is 2.94 bits per heavy atom. The summed E-state index contributed by atoms with van der Waals surface area (Å²) in [5, 5.41) is 4.06. The predicted molar refractivity (Wildman–Crippen MR) is 65.8 cm³/mol. The van der Waals surface area contributed by atoms with Crippen LogP contribution in [-0.4, -0.2) is 14.3 Å². The van der Waals surface area contributed by atoms with Gasteiger partial charge >= 0.3 is 5.69 Å². The summed E-state index contributed by atoms with van der Waals surface area (Å²) in [7, 11) is 0. The van der Waals surface area contributed by atoms with Crippen LogP contribution in [0.2, 0.25) is 0 Å². The van der Waals surface area contributed by atoms with Crippen LogP contribution in [0.5, 0.6) is 0 Å². The van der Waals surface area contributed by atoms with Gasteiger partial charge in [-0.2, -0.15) is 5.10 Å². The van der Waals surface area contributed by atoms with Crippen molar-refractivity contribution in [2.45, 2.75) is 19.9 Å². The third kappa shape index (κ3) is 2.09. The summed E-state index contributed by atoms with van der Waals surface area (Å²) in [5.41, 5.74) is 0.724. The summed E-state index contributed by atoms with van der Waals surface area (Å²) >= 11 is 3.38. The van der Waals surface area contributed by atoms with E-state index in [0.29, 0.717) is 6.54 Å². The number of nitrogens with zero attached hydrogens (tertiary/aromatic N) is 3. The standard InChI is InChI=1S/C11H12BrN3O/c1-2-6-15-11(16)14(8-13-15)10-5-3-4-9(12)7-10/h3-5,7-8H,2,6H2,1H3. The number of aromatic nitrogens is 3. The molecule has 0 amide bonds. The fourth-order valence-electron chi connectivity index (χ4n) is 1.51. The molecule has 0 N–H and O–H groups in total. The van der Waals surface area contributed by atoms with Gasteiger partial charge in [-0.05, 0) is 24.6 Å². The summed E-state index contributed by atoms with van der Waals surface area (Å²) in [4.78, 5) is 11.9. The van der Waals surface area contributed by atoms with Crippen LogP contribution in [0.3, 0.4) is 0 Å². The molecule has 0 radical (unpaired) electrons. The van der Waals surface area contributed by atoms with Crippen molar-refractivity contribution in [3.05, 3.63) is 45.5 Å². The molecule has 1 aromatic carbocycles. The number of aryl methyl sites for hydroxylation is 1. The van der Waals surface area contributed by atoms with Crippen LogP contribution in [0.15, 0.2) is 39.9 Å². The second-order valence-corrected chi connectivity index (χ2v) is 4.40. The largest absolute Gasteiger partial charge is 0.350 e. The van der Waals surface area contributed by atoms with Crippen molar-refractivity contribution in [1.29, 1.82) is 0 Å². The lowest BCUT2D eigenvalue weighted by molar-refractivity contribution is 0.578. The minimum atomic E-state index is -0.0973. The van der Waals surface area contributed by atoms with E-state index in [0.717, 1.165) is 16.6 Å². The van der Waals surface area contributed by atoms with Gasteiger partial charge in [0.2, 0.25) is 0 Å². The fraction of sp³-hybridized carbons (Fsp3) is 0.273. The number of halogens is 1. The van der Waals surface area contributed by atoms with Crippen molar-refractivity contribution in [3.63, 3.8) is 0 Å². The molecule has 0 bridgehead atoms. The first-order chi connectivity index (χ1) is 7.72. The van der Waals surface area contributed by atoms with Crippen molar-refractivity contribution in [1.82, 2.24) is 14.3 Å². The van der Waals surface area contributed by atoms with Gasteiger partial charge in [0.25, 0.3) is 0 Å². The highest BCUT2D eigenvalue weighted by Gasteiger charge is 2.05. The van der Waals surface area contributed by atoms with Crippen LogP contribution in [-0.2, 0) is 6.54 Å². The molecule has 84 valence electrons. The van der Waals surface area contributed by atoms with Crippen molar-refractivity contribution < 1.29 is 0 Å². The molecule has 0 saturated heterocycles. The molecular formula is C11H12BrN3O. The molecule has 1 heterocycles. The molecule has 16 heavy (non-hydrogen) atoms. The van der Waals surface area contributed by atoms with Gasteiger partial charge in [0, 0.05) is 11.0 Å². The van der Waals surface area contributed by atoms with E-state index in [1.165, 1.54) is 4.68 Å². The van der Waals surface area contributed by atoms with Gasteiger partial charge in [0.05, 0.1) is 5.69 Å². The molecule has 2 aromatic rings. The van der Waals surface area contributed by atoms with Gasteiger partial charge in [-0.25, -0.2) is 14.0 Å². The molecule has 0 aliphatic heterocycles. The lowest BCUT2D eigenvalue weighted by Crippen LogP contribution is -2.23. The predicted octanol–water partition coefficient (Wildman–Crippen LogP) is 2.21. The highest BCUT2D eigenvalue weighted by molar-refractivity contribution is 9.10. The zero-order valence-corrected chi connectivity index (χ0v) is 10.5. The Hall–Kier alpha value is -1.36. The molecular weight excluding hydrogens is 270 g/mol. The normalized spacial score (nSPS) is 10.6. The third-order valence-corrected chi connectivity index (χ3v) is 2.75. The van der Waals surface area contributed by atoms with Crippen LogP contribution in [0, 0.1) is 0 Å². The second-order valence-electron chi connectivity index (χ2n) is 3.49. The molecule has 1 aromatic heterocycles. The van der Waals surface area contributed by atoms with E-state index in [2.05, 4.69) is 21.0 Å². The summed E-state index contributed by atoms with van der Waals surface area (Å²) in [6, 6.07) is 7.58. The summed E-state index contributed by atoms with van der Waals surface area (Å²) < 4.78 is 3.96. The first kappa shape index (κ1) is 11.1. The highest BCUT2D eigenvalue weighted by atomic mass is 79.9. The molecule has 5 heteroatoms. The van der Waals surface area contributed by atoms with Gasteiger partial charge in [0.15, 0.2) is 0 Å². The second kappa shape index (κ2) is 4.65. The number of rotatable bonds is 3. The average Bonchev–Trinajstić information content (AvgIpc) is 2.61. The van der Waals surface area contributed by atoms with Gasteiger partial charge in [0.1, 0.15) is 6.33 Å². The Morgan fingerprint density at radius 1 is 1.44 bits per heavy atom. The summed E-state index contributed by atoms with van der Waals surface area (Å²) in [6.07, 6.45) is 2.45. The quantitative estimate of drug-likeness (QED) is 0.865. The molecule has 0 aliphatic carbocycles. The maximum absolute atomic E-state index is 11.9. The zero-order chi connectivity index (χ0) is 11.5. The lowest BCUT2D eigenvalue weighted by atomic mass is 10.3. The van der Waals surface area contributed by atoms with E-state index in [9.17, 15) is 4.79 Å². The van der Waals surface area contributed by atoms with Crippen LogP contribution >= 0.6 is 15.9 Å². The number of hydrogen-bond donors (Lipinski definition) is 0. The van der Waals surface area contributed by atoms with Crippen LogP contribution in [0.4, 0.5) is 0 Å². The first-order valence-electron chi connectivity index (χ1n) is 5.13. The van der Waals surface area contributed by atoms with Crippen molar-refractivity contribution >= 4 is 15.9 Å². The maximum atomic E-state index is 11.9. The molecule has 0 spiro atoms. The fourth-order valence-corrected chi connectivity index (χ4v) is 1.89. The van der Waals surface area contributed by atoms with E-state index in [4.69, 9.17) is 0 Å². The molecule has 4 nitrogen and oxygen atoms in total. The number of benzene rings is 1. The molecule has 0 fully saturated rings. The maximum Gasteiger partial charge on any atom is 0.350 e. The van der Waals surface area contributed by atoms with Gasteiger partial charge in [-0.3, -0.25) is 0 Å². The Labute approximate surface area is 102 Å². The van der Waals surface area contributed by atoms with Crippen molar-refractivity contribution in [2.24, 2.45) is 0 Å². The smallest absolute Gasteiger partial charge is 0.250 e. The molecule has 0 unspecified atom stereocenters. The van der Waals surface area contributed by atoms with E-state index in [1.54, 1.807) is 10.9 Å². The molecule has 0 aliphatic rings. The minimum Gasteiger partial charge on any atom is -0.250 e. The third-order valence-electron chi connectivity index (χ3n) is 2.26. The topological polar surface area (TPSA) is 39.8 Å². The van der Waals surface area contributed by atoms with E-state index in [1.807, 2.05) is 31.2 Å². The Morgan fingerprint density at radius 2 is 2.25 bits per heavy atom. The zero-order valence-electron chi connectivity index (χ0n) is 8.93.